The Morgan fingerprint density at radius 1 is 1.53 bits per heavy atom. The molecule has 1 saturated heterocycles. The Labute approximate surface area is 103 Å². The normalized spacial score (nSPS) is 20.9. The first-order valence-electron chi connectivity index (χ1n) is 6.35. The fourth-order valence-electron chi connectivity index (χ4n) is 2.15. The maximum absolute atomic E-state index is 12.2. The summed E-state index contributed by atoms with van der Waals surface area (Å²) in [4.78, 5) is 23.2. The zero-order valence-electron chi connectivity index (χ0n) is 10.7. The van der Waals surface area contributed by atoms with E-state index in [1.165, 1.54) is 0 Å². The molecule has 1 rings (SSSR count). The number of piperidine rings is 1. The number of nitrogens with two attached hydrogens (primary N) is 1. The molecule has 1 fully saturated rings. The Kier molecular flexibility index (Phi) is 4.93. The van der Waals surface area contributed by atoms with Gasteiger partial charge in [0.1, 0.15) is 0 Å². The first-order chi connectivity index (χ1) is 8.07. The quantitative estimate of drug-likeness (QED) is 0.640. The first kappa shape index (κ1) is 14.0. The number of hydrogen-bond donors (Lipinski definition) is 3. The van der Waals surface area contributed by atoms with Gasteiger partial charge < -0.3 is 16.4 Å². The Morgan fingerprint density at radius 2 is 2.18 bits per heavy atom. The van der Waals surface area contributed by atoms with Crippen LogP contribution in [0.4, 0.5) is 0 Å². The van der Waals surface area contributed by atoms with E-state index in [0.29, 0.717) is 25.9 Å². The topological polar surface area (TPSA) is 84.2 Å². The molecule has 5 heteroatoms. The highest BCUT2D eigenvalue weighted by Crippen LogP contribution is 2.25. The van der Waals surface area contributed by atoms with Gasteiger partial charge in [-0.15, -0.1) is 0 Å². The van der Waals surface area contributed by atoms with E-state index in [-0.39, 0.29) is 17.9 Å². The van der Waals surface area contributed by atoms with Crippen molar-refractivity contribution in [2.75, 3.05) is 13.1 Å². The summed E-state index contributed by atoms with van der Waals surface area (Å²) in [6.07, 6.45) is 2.68. The summed E-state index contributed by atoms with van der Waals surface area (Å²) >= 11 is 0. The van der Waals surface area contributed by atoms with E-state index in [1.807, 2.05) is 13.8 Å². The second-order valence-electron chi connectivity index (χ2n) is 4.70. The lowest BCUT2D eigenvalue weighted by atomic mass is 9.81. The molecule has 2 amide bonds. The van der Waals surface area contributed by atoms with Gasteiger partial charge in [0, 0.05) is 25.6 Å². The van der Waals surface area contributed by atoms with Crippen LogP contribution in [0.25, 0.3) is 0 Å². The van der Waals surface area contributed by atoms with Crippen molar-refractivity contribution in [1.29, 1.82) is 0 Å². The number of rotatable bonds is 5. The average molecular weight is 241 g/mol. The maximum atomic E-state index is 12.2. The largest absolute Gasteiger partial charge is 0.354 e. The third-order valence-electron chi connectivity index (χ3n) is 3.83. The van der Waals surface area contributed by atoms with Crippen molar-refractivity contribution in [3.8, 4) is 0 Å². The van der Waals surface area contributed by atoms with Crippen molar-refractivity contribution in [3.63, 3.8) is 0 Å². The molecule has 0 aromatic carbocycles. The first-order valence-corrected chi connectivity index (χ1v) is 6.35. The molecule has 0 aromatic rings. The summed E-state index contributed by atoms with van der Waals surface area (Å²) in [6, 6.07) is 0.0456. The number of amides is 2. The SMILES string of the molecule is CCC(CC)(CN)C(=O)NC1CCC(=O)NC1. The number of carbonyl (C=O) groups is 2. The van der Waals surface area contributed by atoms with Gasteiger partial charge in [-0.05, 0) is 19.3 Å². The van der Waals surface area contributed by atoms with Crippen LogP contribution in [0.3, 0.4) is 0 Å². The van der Waals surface area contributed by atoms with E-state index in [1.54, 1.807) is 0 Å². The van der Waals surface area contributed by atoms with Gasteiger partial charge in [0.2, 0.25) is 11.8 Å². The standard InChI is InChI=1S/C12H23N3O2/c1-3-12(4-2,8-13)11(17)15-9-5-6-10(16)14-7-9/h9H,3-8,13H2,1-2H3,(H,14,16)(H,15,17). The van der Waals surface area contributed by atoms with Crippen molar-refractivity contribution in [3.05, 3.63) is 0 Å². The summed E-state index contributed by atoms with van der Waals surface area (Å²) < 4.78 is 0. The molecular formula is C12H23N3O2. The van der Waals surface area contributed by atoms with Gasteiger partial charge in [-0.3, -0.25) is 9.59 Å². The summed E-state index contributed by atoms with van der Waals surface area (Å²) in [6.45, 7) is 4.86. The molecular weight excluding hydrogens is 218 g/mol. The van der Waals surface area contributed by atoms with Crippen LogP contribution < -0.4 is 16.4 Å². The summed E-state index contributed by atoms with van der Waals surface area (Å²) in [5.41, 5.74) is 5.27. The molecule has 0 aliphatic carbocycles. The van der Waals surface area contributed by atoms with Crippen LogP contribution in [-0.2, 0) is 9.59 Å². The van der Waals surface area contributed by atoms with Gasteiger partial charge in [-0.25, -0.2) is 0 Å². The highest BCUT2D eigenvalue weighted by atomic mass is 16.2. The minimum atomic E-state index is -0.457. The van der Waals surface area contributed by atoms with E-state index >= 15 is 0 Å². The molecule has 0 bridgehead atoms. The molecule has 17 heavy (non-hydrogen) atoms. The van der Waals surface area contributed by atoms with E-state index in [9.17, 15) is 9.59 Å². The molecule has 0 aromatic heterocycles. The third-order valence-corrected chi connectivity index (χ3v) is 3.83. The zero-order valence-corrected chi connectivity index (χ0v) is 10.7. The van der Waals surface area contributed by atoms with Crippen LogP contribution in [0, 0.1) is 5.41 Å². The Balaban J connectivity index is 2.55. The lowest BCUT2D eigenvalue weighted by Gasteiger charge is -2.32. The zero-order chi connectivity index (χ0) is 12.9. The van der Waals surface area contributed by atoms with Gasteiger partial charge in [0.25, 0.3) is 0 Å². The third kappa shape index (κ3) is 3.19. The van der Waals surface area contributed by atoms with Crippen LogP contribution in [-0.4, -0.2) is 30.9 Å². The molecule has 1 aliphatic rings. The Morgan fingerprint density at radius 3 is 2.59 bits per heavy atom. The van der Waals surface area contributed by atoms with E-state index in [4.69, 9.17) is 5.73 Å². The van der Waals surface area contributed by atoms with Gasteiger partial charge in [-0.2, -0.15) is 0 Å². The van der Waals surface area contributed by atoms with E-state index in [0.717, 1.165) is 12.8 Å². The molecule has 0 radical (unpaired) electrons. The molecule has 5 nitrogen and oxygen atoms in total. The summed E-state index contributed by atoms with van der Waals surface area (Å²) in [7, 11) is 0. The fraction of sp³-hybridized carbons (Fsp3) is 0.833. The number of hydrogen-bond acceptors (Lipinski definition) is 3. The van der Waals surface area contributed by atoms with Gasteiger partial charge in [-0.1, -0.05) is 13.8 Å². The summed E-state index contributed by atoms with van der Waals surface area (Å²) in [5.74, 6) is 0.0812. The predicted octanol–water partition coefficient (Wildman–Crippen LogP) is 0.146. The van der Waals surface area contributed by atoms with Crippen molar-refractivity contribution in [2.24, 2.45) is 11.1 Å². The average Bonchev–Trinajstić information content (AvgIpc) is 2.35. The van der Waals surface area contributed by atoms with Crippen molar-refractivity contribution >= 4 is 11.8 Å². The monoisotopic (exact) mass is 241 g/mol. The number of nitrogens with one attached hydrogen (secondary N) is 2. The molecule has 1 atom stereocenters. The number of carbonyl (C=O) groups excluding carboxylic acids is 2. The highest BCUT2D eigenvalue weighted by Gasteiger charge is 2.34. The van der Waals surface area contributed by atoms with Crippen molar-refractivity contribution in [1.82, 2.24) is 10.6 Å². The van der Waals surface area contributed by atoms with Crippen LogP contribution in [0.2, 0.25) is 0 Å². The Bertz CT molecular complexity index is 269. The lowest BCUT2D eigenvalue weighted by Crippen LogP contribution is -2.53. The lowest BCUT2D eigenvalue weighted by molar-refractivity contribution is -0.133. The van der Waals surface area contributed by atoms with Crippen LogP contribution in [0.15, 0.2) is 0 Å². The minimum absolute atomic E-state index is 0.0196. The molecule has 1 aliphatic heterocycles. The van der Waals surface area contributed by atoms with E-state index in [2.05, 4.69) is 10.6 Å². The molecule has 1 heterocycles. The highest BCUT2D eigenvalue weighted by molar-refractivity contribution is 5.83. The molecule has 0 saturated carbocycles. The van der Waals surface area contributed by atoms with Gasteiger partial charge in [0.05, 0.1) is 5.41 Å². The van der Waals surface area contributed by atoms with Gasteiger partial charge in [0.15, 0.2) is 0 Å². The predicted molar refractivity (Wildman–Crippen MR) is 66.2 cm³/mol. The molecule has 4 N–H and O–H groups in total. The summed E-state index contributed by atoms with van der Waals surface area (Å²) in [5, 5.41) is 5.76. The van der Waals surface area contributed by atoms with Gasteiger partial charge >= 0.3 is 0 Å². The Hall–Kier alpha value is -1.10. The van der Waals surface area contributed by atoms with Crippen LogP contribution in [0.5, 0.6) is 0 Å². The van der Waals surface area contributed by atoms with Crippen molar-refractivity contribution in [2.45, 2.75) is 45.6 Å². The smallest absolute Gasteiger partial charge is 0.227 e. The minimum Gasteiger partial charge on any atom is -0.354 e. The van der Waals surface area contributed by atoms with Crippen molar-refractivity contribution < 1.29 is 9.59 Å². The van der Waals surface area contributed by atoms with Crippen LogP contribution in [0.1, 0.15) is 39.5 Å². The molecule has 1 unspecified atom stereocenters. The second-order valence-corrected chi connectivity index (χ2v) is 4.70. The maximum Gasteiger partial charge on any atom is 0.227 e. The van der Waals surface area contributed by atoms with Crippen LogP contribution >= 0.6 is 0 Å². The van der Waals surface area contributed by atoms with E-state index < -0.39 is 5.41 Å². The molecule has 98 valence electrons. The second kappa shape index (κ2) is 6.00. The fourth-order valence-corrected chi connectivity index (χ4v) is 2.15. The molecule has 0 spiro atoms.